The number of benzene rings is 1. The third-order valence-corrected chi connectivity index (χ3v) is 8.12. The molecule has 33 heavy (non-hydrogen) atoms. The Balaban J connectivity index is 1.46. The third kappa shape index (κ3) is 5.64. The number of amides is 1. The average Bonchev–Trinajstić information content (AvgIpc) is 3.26. The molecule has 0 bridgehead atoms. The van der Waals surface area contributed by atoms with Crippen LogP contribution < -0.4 is 5.32 Å². The fraction of sp³-hybridized carbons (Fsp3) is 0.522. The van der Waals surface area contributed by atoms with E-state index in [1.54, 1.807) is 18.2 Å². The molecule has 1 amide bonds. The van der Waals surface area contributed by atoms with E-state index >= 15 is 0 Å². The zero-order valence-electron chi connectivity index (χ0n) is 19.2. The Labute approximate surface area is 195 Å². The highest BCUT2D eigenvalue weighted by Crippen LogP contribution is 2.24. The lowest BCUT2D eigenvalue weighted by Crippen LogP contribution is -2.47. The van der Waals surface area contributed by atoms with Crippen LogP contribution in [0, 0.1) is 6.92 Å². The first-order valence-corrected chi connectivity index (χ1v) is 12.7. The van der Waals surface area contributed by atoms with Gasteiger partial charge in [-0.3, -0.25) is 9.69 Å². The molecule has 0 radical (unpaired) electrons. The number of sulfonamides is 1. The first kappa shape index (κ1) is 23.9. The molecule has 0 spiro atoms. The van der Waals surface area contributed by atoms with Gasteiger partial charge in [0.05, 0.1) is 24.2 Å². The molecule has 1 N–H and O–H groups in total. The number of aryl methyl sites for hydroxylation is 1. The van der Waals surface area contributed by atoms with Gasteiger partial charge in [-0.05, 0) is 44.3 Å². The molecule has 2 aliphatic heterocycles. The van der Waals surface area contributed by atoms with E-state index in [0.29, 0.717) is 51.5 Å². The van der Waals surface area contributed by atoms with Crippen molar-refractivity contribution in [1.29, 1.82) is 0 Å². The van der Waals surface area contributed by atoms with Crippen LogP contribution >= 0.6 is 0 Å². The van der Waals surface area contributed by atoms with Gasteiger partial charge < -0.3 is 19.4 Å². The minimum atomic E-state index is -3.64. The highest BCUT2D eigenvalue weighted by molar-refractivity contribution is 7.89. The zero-order chi connectivity index (χ0) is 23.4. The van der Waals surface area contributed by atoms with Crippen LogP contribution in [-0.2, 0) is 14.8 Å². The quantitative estimate of drug-likeness (QED) is 0.644. The first-order chi connectivity index (χ1) is 15.8. The summed E-state index contributed by atoms with van der Waals surface area (Å²) < 4.78 is 38.9. The minimum Gasteiger partial charge on any atom is -0.465 e. The molecule has 0 aliphatic carbocycles. The van der Waals surface area contributed by atoms with E-state index in [2.05, 4.69) is 15.1 Å². The number of likely N-dealkylation sites (N-methyl/N-ethyl adjacent to an activating group) is 1. The summed E-state index contributed by atoms with van der Waals surface area (Å²) in [6.07, 6.45) is 0. The lowest BCUT2D eigenvalue weighted by atomic mass is 10.1. The van der Waals surface area contributed by atoms with Crippen LogP contribution in [0.4, 0.5) is 0 Å². The molecule has 2 saturated heterocycles. The molecule has 2 aliphatic rings. The Hall–Kier alpha value is -2.24. The monoisotopic (exact) mass is 476 g/mol. The number of morpholine rings is 1. The van der Waals surface area contributed by atoms with Gasteiger partial charge in [-0.15, -0.1) is 0 Å². The Morgan fingerprint density at radius 3 is 2.45 bits per heavy atom. The Morgan fingerprint density at radius 2 is 1.79 bits per heavy atom. The summed E-state index contributed by atoms with van der Waals surface area (Å²) in [7, 11) is -1.67. The smallest absolute Gasteiger partial charge is 0.251 e. The summed E-state index contributed by atoms with van der Waals surface area (Å²) in [6.45, 7) is 7.28. The number of hydrogen-bond donors (Lipinski definition) is 1. The second kappa shape index (κ2) is 10.4. The number of ether oxygens (including phenoxy) is 1. The molecular weight excluding hydrogens is 444 g/mol. The maximum absolute atomic E-state index is 13.1. The number of furan rings is 1. The number of carbonyl (C=O) groups excluding carboxylic acids is 1. The fourth-order valence-electron chi connectivity index (χ4n) is 4.20. The molecule has 2 fully saturated rings. The van der Waals surface area contributed by atoms with Crippen molar-refractivity contribution in [3.05, 3.63) is 53.5 Å². The standard InChI is InChI=1S/C23H32N4O5S/c1-18-6-7-22(32-18)21(26-12-14-31-15-13-26)17-24-23(28)19-4-3-5-20(16-19)33(29,30)27-10-8-25(2)9-11-27/h3-7,16,21H,8-15,17H2,1-2H3,(H,24,28). The van der Waals surface area contributed by atoms with Crippen molar-refractivity contribution in [3.8, 4) is 0 Å². The molecule has 3 heterocycles. The van der Waals surface area contributed by atoms with Gasteiger partial charge in [-0.1, -0.05) is 6.07 Å². The van der Waals surface area contributed by atoms with E-state index < -0.39 is 10.0 Å². The number of nitrogens with one attached hydrogen (secondary N) is 1. The van der Waals surface area contributed by atoms with Crippen LogP contribution in [-0.4, -0.2) is 94.5 Å². The van der Waals surface area contributed by atoms with E-state index in [0.717, 1.165) is 24.6 Å². The van der Waals surface area contributed by atoms with Gasteiger partial charge in [-0.25, -0.2) is 8.42 Å². The molecular formula is C23H32N4O5S. The number of carbonyl (C=O) groups is 1. The van der Waals surface area contributed by atoms with Gasteiger partial charge in [0, 0.05) is 51.4 Å². The first-order valence-electron chi connectivity index (χ1n) is 11.3. The van der Waals surface area contributed by atoms with Crippen LogP contribution in [0.5, 0.6) is 0 Å². The molecule has 1 aromatic carbocycles. The van der Waals surface area contributed by atoms with Crippen molar-refractivity contribution in [1.82, 2.24) is 19.4 Å². The summed E-state index contributed by atoms with van der Waals surface area (Å²) in [5, 5.41) is 2.97. The molecule has 4 rings (SSSR count). The van der Waals surface area contributed by atoms with Crippen molar-refractivity contribution in [2.24, 2.45) is 0 Å². The molecule has 180 valence electrons. The van der Waals surface area contributed by atoms with Gasteiger partial charge >= 0.3 is 0 Å². The molecule has 10 heteroatoms. The molecule has 1 unspecified atom stereocenters. The number of hydrogen-bond acceptors (Lipinski definition) is 7. The van der Waals surface area contributed by atoms with Gasteiger partial charge in [0.1, 0.15) is 11.5 Å². The second-order valence-electron chi connectivity index (χ2n) is 8.56. The van der Waals surface area contributed by atoms with Crippen molar-refractivity contribution in [2.75, 3.05) is 66.1 Å². The Morgan fingerprint density at radius 1 is 1.06 bits per heavy atom. The Bertz CT molecular complexity index is 1060. The van der Waals surface area contributed by atoms with E-state index in [4.69, 9.17) is 9.15 Å². The van der Waals surface area contributed by atoms with Crippen LogP contribution in [0.15, 0.2) is 45.7 Å². The van der Waals surface area contributed by atoms with Crippen LogP contribution in [0.3, 0.4) is 0 Å². The summed E-state index contributed by atoms with van der Waals surface area (Å²) in [5.74, 6) is 1.30. The largest absolute Gasteiger partial charge is 0.465 e. The highest BCUT2D eigenvalue weighted by atomic mass is 32.2. The van der Waals surface area contributed by atoms with Crippen molar-refractivity contribution in [2.45, 2.75) is 17.9 Å². The van der Waals surface area contributed by atoms with Gasteiger partial charge in [0.25, 0.3) is 5.91 Å². The average molecular weight is 477 g/mol. The minimum absolute atomic E-state index is 0.121. The summed E-state index contributed by atoms with van der Waals surface area (Å²) in [4.78, 5) is 17.4. The van der Waals surface area contributed by atoms with Gasteiger partial charge in [0.2, 0.25) is 10.0 Å². The summed E-state index contributed by atoms with van der Waals surface area (Å²) >= 11 is 0. The number of piperazine rings is 1. The van der Waals surface area contributed by atoms with E-state index in [9.17, 15) is 13.2 Å². The van der Waals surface area contributed by atoms with E-state index in [1.165, 1.54) is 10.4 Å². The van der Waals surface area contributed by atoms with Gasteiger partial charge in [0.15, 0.2) is 0 Å². The number of nitrogens with zero attached hydrogens (tertiary/aromatic N) is 3. The molecule has 9 nitrogen and oxygen atoms in total. The summed E-state index contributed by atoms with van der Waals surface area (Å²) in [5.41, 5.74) is 0.321. The normalized spacial score (nSPS) is 19.9. The maximum atomic E-state index is 13.1. The van der Waals surface area contributed by atoms with Crippen LogP contribution in [0.1, 0.15) is 27.9 Å². The van der Waals surface area contributed by atoms with Crippen molar-refractivity contribution in [3.63, 3.8) is 0 Å². The molecule has 2 aromatic rings. The maximum Gasteiger partial charge on any atom is 0.251 e. The zero-order valence-corrected chi connectivity index (χ0v) is 20.0. The second-order valence-corrected chi connectivity index (χ2v) is 10.5. The van der Waals surface area contributed by atoms with Crippen molar-refractivity contribution >= 4 is 15.9 Å². The molecule has 0 saturated carbocycles. The topological polar surface area (TPSA) is 95.3 Å². The van der Waals surface area contributed by atoms with E-state index in [-0.39, 0.29) is 16.8 Å². The number of rotatable bonds is 7. The fourth-order valence-corrected chi connectivity index (χ4v) is 5.67. The van der Waals surface area contributed by atoms with Crippen LogP contribution in [0.2, 0.25) is 0 Å². The van der Waals surface area contributed by atoms with Gasteiger partial charge in [-0.2, -0.15) is 4.31 Å². The molecule has 1 atom stereocenters. The predicted molar refractivity (Wildman–Crippen MR) is 124 cm³/mol. The predicted octanol–water partition coefficient (Wildman–Crippen LogP) is 1.33. The SMILES string of the molecule is Cc1ccc(C(CNC(=O)c2cccc(S(=O)(=O)N3CCN(C)CC3)c2)N2CCOCC2)o1. The third-order valence-electron chi connectivity index (χ3n) is 6.23. The lowest BCUT2D eigenvalue weighted by molar-refractivity contribution is 0.0117. The Kier molecular flexibility index (Phi) is 7.50. The van der Waals surface area contributed by atoms with Crippen LogP contribution in [0.25, 0.3) is 0 Å². The molecule has 1 aromatic heterocycles. The summed E-state index contributed by atoms with van der Waals surface area (Å²) in [6, 6.07) is 9.99. The highest BCUT2D eigenvalue weighted by Gasteiger charge is 2.29. The van der Waals surface area contributed by atoms with Crippen molar-refractivity contribution < 1.29 is 22.4 Å². The lowest BCUT2D eigenvalue weighted by Gasteiger charge is -2.33. The van der Waals surface area contributed by atoms with E-state index in [1.807, 2.05) is 26.1 Å².